The molecule has 0 aliphatic carbocycles. The highest BCUT2D eigenvalue weighted by Crippen LogP contribution is 2.12. The number of halogens is 1. The third-order valence-corrected chi connectivity index (χ3v) is 1.92. The Morgan fingerprint density at radius 1 is 1.83 bits per heavy atom. The van der Waals surface area contributed by atoms with E-state index in [1.165, 1.54) is 18.0 Å². The summed E-state index contributed by atoms with van der Waals surface area (Å²) < 4.78 is 5.97. The molecule has 0 aliphatic rings. The number of aromatic nitrogens is 2. The highest BCUT2D eigenvalue weighted by Gasteiger charge is 2.07. The van der Waals surface area contributed by atoms with Crippen molar-refractivity contribution in [1.29, 1.82) is 0 Å². The molecule has 4 nitrogen and oxygen atoms in total. The van der Waals surface area contributed by atoms with E-state index in [1.54, 1.807) is 6.92 Å². The molecule has 0 radical (unpaired) electrons. The SMILES string of the molecule is COC(=O)Cn1ncc(Cl)c1C. The van der Waals surface area contributed by atoms with Gasteiger partial charge in [-0.05, 0) is 6.92 Å². The van der Waals surface area contributed by atoms with Crippen molar-refractivity contribution in [3.63, 3.8) is 0 Å². The fourth-order valence-electron chi connectivity index (χ4n) is 0.770. The van der Waals surface area contributed by atoms with E-state index < -0.39 is 0 Å². The van der Waals surface area contributed by atoms with Gasteiger partial charge in [0.2, 0.25) is 0 Å². The van der Waals surface area contributed by atoms with Gasteiger partial charge >= 0.3 is 5.97 Å². The molecule has 5 heteroatoms. The molecule has 0 spiro atoms. The van der Waals surface area contributed by atoms with E-state index in [0.717, 1.165) is 5.69 Å². The molecule has 12 heavy (non-hydrogen) atoms. The van der Waals surface area contributed by atoms with Crippen LogP contribution in [0, 0.1) is 6.92 Å². The van der Waals surface area contributed by atoms with E-state index in [2.05, 4.69) is 9.84 Å². The Hall–Kier alpha value is -1.03. The van der Waals surface area contributed by atoms with Crippen molar-refractivity contribution in [3.8, 4) is 0 Å². The Morgan fingerprint density at radius 2 is 2.50 bits per heavy atom. The standard InChI is InChI=1S/C7H9ClN2O2/c1-5-6(8)3-9-10(5)4-7(11)12-2/h3H,4H2,1-2H3. The molecule has 0 unspecified atom stereocenters. The predicted molar refractivity (Wildman–Crippen MR) is 44.0 cm³/mol. The molecule has 0 saturated carbocycles. The Labute approximate surface area is 75.1 Å². The Balaban J connectivity index is 2.76. The van der Waals surface area contributed by atoms with Crippen molar-refractivity contribution in [2.45, 2.75) is 13.5 Å². The van der Waals surface area contributed by atoms with Crippen LogP contribution in [0.2, 0.25) is 5.02 Å². The molecular formula is C7H9ClN2O2. The van der Waals surface area contributed by atoms with Gasteiger partial charge in [-0.15, -0.1) is 0 Å². The maximum Gasteiger partial charge on any atom is 0.327 e. The van der Waals surface area contributed by atoms with Crippen LogP contribution in [-0.4, -0.2) is 22.9 Å². The lowest BCUT2D eigenvalue weighted by Crippen LogP contribution is -2.13. The molecule has 0 amide bonds. The van der Waals surface area contributed by atoms with Gasteiger partial charge in [-0.1, -0.05) is 11.6 Å². The van der Waals surface area contributed by atoms with Crippen molar-refractivity contribution < 1.29 is 9.53 Å². The lowest BCUT2D eigenvalue weighted by atomic mass is 10.5. The minimum atomic E-state index is -0.335. The third kappa shape index (κ3) is 1.76. The van der Waals surface area contributed by atoms with Crippen LogP contribution in [0.3, 0.4) is 0 Å². The van der Waals surface area contributed by atoms with Crippen molar-refractivity contribution in [3.05, 3.63) is 16.9 Å². The minimum absolute atomic E-state index is 0.106. The summed E-state index contributed by atoms with van der Waals surface area (Å²) in [5, 5.41) is 4.44. The molecule has 0 saturated heterocycles. The molecule has 1 aromatic rings. The van der Waals surface area contributed by atoms with E-state index in [-0.39, 0.29) is 12.5 Å². The number of rotatable bonds is 2. The summed E-state index contributed by atoms with van der Waals surface area (Å²) in [5.41, 5.74) is 0.766. The van der Waals surface area contributed by atoms with Crippen LogP contribution in [0.25, 0.3) is 0 Å². The molecule has 0 bridgehead atoms. The van der Waals surface area contributed by atoms with Crippen LogP contribution in [0.1, 0.15) is 5.69 Å². The summed E-state index contributed by atoms with van der Waals surface area (Å²) in [7, 11) is 1.34. The molecule has 1 aromatic heterocycles. The van der Waals surface area contributed by atoms with Crippen molar-refractivity contribution in [2.24, 2.45) is 0 Å². The molecule has 1 rings (SSSR count). The average molecular weight is 189 g/mol. The lowest BCUT2D eigenvalue weighted by molar-refractivity contribution is -0.141. The van der Waals surface area contributed by atoms with E-state index in [1.807, 2.05) is 0 Å². The summed E-state index contributed by atoms with van der Waals surface area (Å²) in [6, 6.07) is 0. The zero-order chi connectivity index (χ0) is 9.14. The van der Waals surface area contributed by atoms with Crippen molar-refractivity contribution in [1.82, 2.24) is 9.78 Å². The van der Waals surface area contributed by atoms with Crippen LogP contribution in [0.5, 0.6) is 0 Å². The summed E-state index contributed by atoms with van der Waals surface area (Å²) >= 11 is 5.72. The highest BCUT2D eigenvalue weighted by molar-refractivity contribution is 6.31. The fraction of sp³-hybridized carbons (Fsp3) is 0.429. The van der Waals surface area contributed by atoms with Crippen LogP contribution in [0.4, 0.5) is 0 Å². The predicted octanol–water partition coefficient (Wildman–Crippen LogP) is 1.02. The van der Waals surface area contributed by atoms with Gasteiger partial charge in [-0.2, -0.15) is 5.10 Å². The smallest absolute Gasteiger partial charge is 0.327 e. The van der Waals surface area contributed by atoms with Gasteiger partial charge in [-0.3, -0.25) is 9.48 Å². The molecule has 1 heterocycles. The second-order valence-corrected chi connectivity index (χ2v) is 2.72. The molecule has 0 atom stereocenters. The number of nitrogens with zero attached hydrogens (tertiary/aromatic N) is 2. The first-order valence-corrected chi connectivity index (χ1v) is 3.77. The van der Waals surface area contributed by atoms with E-state index in [4.69, 9.17) is 11.6 Å². The maximum atomic E-state index is 10.8. The number of carbonyl (C=O) groups excluding carboxylic acids is 1. The largest absolute Gasteiger partial charge is 0.468 e. The van der Waals surface area contributed by atoms with Gasteiger partial charge in [0.05, 0.1) is 24.0 Å². The fourth-order valence-corrected chi connectivity index (χ4v) is 0.911. The third-order valence-electron chi connectivity index (χ3n) is 1.55. The summed E-state index contributed by atoms with van der Waals surface area (Å²) in [4.78, 5) is 10.8. The molecule has 0 fully saturated rings. The number of ether oxygens (including phenoxy) is 1. The van der Waals surface area contributed by atoms with Crippen LogP contribution < -0.4 is 0 Å². The number of hydrogen-bond donors (Lipinski definition) is 0. The first-order valence-electron chi connectivity index (χ1n) is 3.40. The number of esters is 1. The average Bonchev–Trinajstić information content (AvgIpc) is 2.36. The highest BCUT2D eigenvalue weighted by atomic mass is 35.5. The molecule has 0 aliphatic heterocycles. The number of hydrogen-bond acceptors (Lipinski definition) is 3. The van der Waals surface area contributed by atoms with Gasteiger partial charge in [0.15, 0.2) is 0 Å². The Bertz CT molecular complexity index is 296. The summed E-state index contributed by atoms with van der Waals surface area (Å²) in [5.74, 6) is -0.335. The monoisotopic (exact) mass is 188 g/mol. The normalized spacial score (nSPS) is 9.92. The second kappa shape index (κ2) is 3.58. The minimum Gasteiger partial charge on any atom is -0.468 e. The van der Waals surface area contributed by atoms with Gasteiger partial charge in [-0.25, -0.2) is 0 Å². The van der Waals surface area contributed by atoms with E-state index in [0.29, 0.717) is 5.02 Å². The van der Waals surface area contributed by atoms with Gasteiger partial charge in [0.1, 0.15) is 6.54 Å². The first kappa shape index (κ1) is 9.06. The van der Waals surface area contributed by atoms with Gasteiger partial charge < -0.3 is 4.74 Å². The number of carbonyl (C=O) groups is 1. The van der Waals surface area contributed by atoms with Gasteiger partial charge in [0, 0.05) is 0 Å². The summed E-state index contributed by atoms with van der Waals surface area (Å²) in [6.07, 6.45) is 1.50. The van der Waals surface area contributed by atoms with E-state index in [9.17, 15) is 4.79 Å². The zero-order valence-corrected chi connectivity index (χ0v) is 7.63. The van der Waals surface area contributed by atoms with Crippen LogP contribution in [-0.2, 0) is 16.1 Å². The number of methoxy groups -OCH3 is 1. The maximum absolute atomic E-state index is 10.8. The zero-order valence-electron chi connectivity index (χ0n) is 6.87. The summed E-state index contributed by atoms with van der Waals surface area (Å²) in [6.45, 7) is 1.90. The van der Waals surface area contributed by atoms with Crippen molar-refractivity contribution in [2.75, 3.05) is 7.11 Å². The van der Waals surface area contributed by atoms with Crippen LogP contribution >= 0.6 is 11.6 Å². The second-order valence-electron chi connectivity index (χ2n) is 2.31. The first-order chi connectivity index (χ1) is 5.65. The molecule has 0 N–H and O–H groups in total. The Morgan fingerprint density at radius 3 is 2.92 bits per heavy atom. The van der Waals surface area contributed by atoms with Crippen LogP contribution in [0.15, 0.2) is 6.20 Å². The lowest BCUT2D eigenvalue weighted by Gasteiger charge is -2.01. The quantitative estimate of drug-likeness (QED) is 0.651. The Kier molecular flexibility index (Phi) is 2.70. The van der Waals surface area contributed by atoms with E-state index >= 15 is 0 Å². The molecule has 66 valence electrons. The molecular weight excluding hydrogens is 180 g/mol. The molecule has 0 aromatic carbocycles. The van der Waals surface area contributed by atoms with Gasteiger partial charge in [0.25, 0.3) is 0 Å². The topological polar surface area (TPSA) is 44.1 Å². The van der Waals surface area contributed by atoms with Crippen molar-refractivity contribution >= 4 is 17.6 Å².